The summed E-state index contributed by atoms with van der Waals surface area (Å²) < 4.78 is 10.6. The Morgan fingerprint density at radius 3 is 2.15 bits per heavy atom. The molecule has 0 bridgehead atoms. The van der Waals surface area contributed by atoms with Gasteiger partial charge in [0.05, 0.1) is 6.61 Å². The topological polar surface area (TPSA) is 143 Å². The van der Waals surface area contributed by atoms with E-state index in [0.717, 1.165) is 11.1 Å². The van der Waals surface area contributed by atoms with Crippen LogP contribution < -0.4 is 10.6 Å². The number of benzene rings is 2. The van der Waals surface area contributed by atoms with Crippen molar-refractivity contribution in [1.29, 1.82) is 0 Å². The van der Waals surface area contributed by atoms with Gasteiger partial charge in [-0.1, -0.05) is 67.6 Å². The molecule has 48 heavy (non-hydrogen) atoms. The van der Waals surface area contributed by atoms with Crippen molar-refractivity contribution in [3.8, 4) is 11.4 Å². The highest BCUT2D eigenvalue weighted by molar-refractivity contribution is 5.97. The van der Waals surface area contributed by atoms with Crippen molar-refractivity contribution in [2.45, 2.75) is 65.0 Å². The van der Waals surface area contributed by atoms with Crippen molar-refractivity contribution < 1.29 is 28.7 Å². The number of piperazine rings is 1. The maximum absolute atomic E-state index is 13.8. The number of hydrogen-bond donors (Lipinski definition) is 2. The fourth-order valence-electron chi connectivity index (χ4n) is 5.22. The van der Waals surface area contributed by atoms with E-state index in [2.05, 4.69) is 39.7 Å². The van der Waals surface area contributed by atoms with Crippen molar-refractivity contribution in [3.63, 3.8) is 0 Å². The van der Waals surface area contributed by atoms with Crippen molar-refractivity contribution in [3.05, 3.63) is 78.0 Å². The van der Waals surface area contributed by atoms with Crippen molar-refractivity contribution >= 4 is 29.7 Å². The van der Waals surface area contributed by atoms with Gasteiger partial charge in [0.25, 0.3) is 5.91 Å². The number of esters is 1. The number of carbonyl (C=O) groups excluding carboxylic acids is 4. The fraction of sp³-hybridized carbons (Fsp3) is 0.444. The normalized spacial score (nSPS) is 14.4. The minimum atomic E-state index is -1.04. The molecule has 256 valence electrons. The molecule has 12 nitrogen and oxygen atoms in total. The highest BCUT2D eigenvalue weighted by Crippen LogP contribution is 2.21. The number of nitrogens with zero attached hydrogens (tertiary/aromatic N) is 4. The Morgan fingerprint density at radius 2 is 1.52 bits per heavy atom. The van der Waals surface area contributed by atoms with Crippen LogP contribution in [-0.4, -0.2) is 94.6 Å². The van der Waals surface area contributed by atoms with Gasteiger partial charge in [-0.15, -0.1) is 0 Å². The number of carbonyl (C=O) groups is 4. The van der Waals surface area contributed by atoms with Gasteiger partial charge in [0.1, 0.15) is 23.2 Å². The summed E-state index contributed by atoms with van der Waals surface area (Å²) in [4.78, 5) is 64.8. The van der Waals surface area contributed by atoms with E-state index in [0.29, 0.717) is 31.3 Å². The predicted molar refractivity (Wildman–Crippen MR) is 182 cm³/mol. The molecule has 0 spiro atoms. The summed E-state index contributed by atoms with van der Waals surface area (Å²) >= 11 is 0. The average Bonchev–Trinajstić information content (AvgIpc) is 3.08. The van der Waals surface area contributed by atoms with E-state index in [1.807, 2.05) is 48.5 Å². The van der Waals surface area contributed by atoms with Crippen molar-refractivity contribution in [2.24, 2.45) is 0 Å². The monoisotopic (exact) mass is 658 g/mol. The Labute approximate surface area is 282 Å². The second-order valence-corrected chi connectivity index (χ2v) is 12.7. The summed E-state index contributed by atoms with van der Waals surface area (Å²) in [5.74, 6) is -0.440. The number of nitrogens with one attached hydrogen (secondary N) is 2. The van der Waals surface area contributed by atoms with Gasteiger partial charge in [-0.3, -0.25) is 14.4 Å². The van der Waals surface area contributed by atoms with E-state index in [1.165, 1.54) is 0 Å². The zero-order valence-corrected chi connectivity index (χ0v) is 28.4. The maximum Gasteiger partial charge on any atom is 0.409 e. The Morgan fingerprint density at radius 1 is 0.896 bits per heavy atom. The second-order valence-electron chi connectivity index (χ2n) is 12.7. The smallest absolute Gasteiger partial charge is 0.409 e. The standard InChI is InChI=1S/C36H46N6O6/c1-6-47-35(46)42-21-19-41(20-22-42)34(45)28(17-18-31(43)48-36(3,4)5)39-33(44)29-23-30(37-24-25(2)26-13-9-7-10-14-26)40-32(38-29)27-15-11-8-12-16-27/h7-16,23,25,28H,6,17-22,24H2,1-5H3,(H,39,44)(H,37,38,40)/t25?,28-/m0/s1. The third kappa shape index (κ3) is 10.5. The minimum absolute atomic E-state index is 0.0217. The molecule has 2 aromatic carbocycles. The Hall–Kier alpha value is -5.00. The van der Waals surface area contributed by atoms with Crippen LogP contribution >= 0.6 is 0 Å². The summed E-state index contributed by atoms with van der Waals surface area (Å²) in [5.41, 5.74) is 1.26. The molecular weight excluding hydrogens is 612 g/mol. The lowest BCUT2D eigenvalue weighted by Gasteiger charge is -2.36. The molecule has 1 unspecified atom stereocenters. The molecule has 1 saturated heterocycles. The van der Waals surface area contributed by atoms with Gasteiger partial charge < -0.3 is 29.9 Å². The lowest BCUT2D eigenvalue weighted by atomic mass is 10.0. The predicted octanol–water partition coefficient (Wildman–Crippen LogP) is 4.88. The molecule has 0 aliphatic carbocycles. The number of aromatic nitrogens is 2. The third-order valence-corrected chi connectivity index (χ3v) is 7.73. The van der Waals surface area contributed by atoms with E-state index >= 15 is 0 Å². The maximum atomic E-state index is 13.8. The van der Waals surface area contributed by atoms with Crippen LogP contribution in [0.5, 0.6) is 0 Å². The molecule has 1 aromatic heterocycles. The number of anilines is 1. The fourth-order valence-corrected chi connectivity index (χ4v) is 5.22. The molecule has 3 aromatic rings. The van der Waals surface area contributed by atoms with Gasteiger partial charge >= 0.3 is 12.1 Å². The molecular formula is C36H46N6O6. The van der Waals surface area contributed by atoms with Crippen LogP contribution in [0.1, 0.15) is 69.4 Å². The molecule has 1 aliphatic heterocycles. The summed E-state index contributed by atoms with van der Waals surface area (Å²) in [6, 6.07) is 19.9. The van der Waals surface area contributed by atoms with E-state index in [4.69, 9.17) is 9.47 Å². The molecule has 0 saturated carbocycles. The molecule has 0 radical (unpaired) electrons. The lowest BCUT2D eigenvalue weighted by Crippen LogP contribution is -2.56. The van der Waals surface area contributed by atoms with Gasteiger partial charge in [0, 0.05) is 50.8 Å². The molecule has 4 rings (SSSR count). The van der Waals surface area contributed by atoms with Crippen LogP contribution in [0.4, 0.5) is 10.6 Å². The number of ether oxygens (including phenoxy) is 2. The Bertz CT molecular complexity index is 1540. The van der Waals surface area contributed by atoms with Gasteiger partial charge in [-0.2, -0.15) is 0 Å². The van der Waals surface area contributed by atoms with Crippen LogP contribution in [0.2, 0.25) is 0 Å². The lowest BCUT2D eigenvalue weighted by molar-refractivity contribution is -0.155. The van der Waals surface area contributed by atoms with Gasteiger partial charge in [0.15, 0.2) is 5.82 Å². The molecule has 12 heteroatoms. The van der Waals surface area contributed by atoms with Crippen LogP contribution in [0.15, 0.2) is 66.7 Å². The average molecular weight is 659 g/mol. The van der Waals surface area contributed by atoms with Crippen LogP contribution in [0.25, 0.3) is 11.4 Å². The van der Waals surface area contributed by atoms with Crippen molar-refractivity contribution in [1.82, 2.24) is 25.1 Å². The Balaban J connectivity index is 1.55. The first-order valence-corrected chi connectivity index (χ1v) is 16.4. The summed E-state index contributed by atoms with van der Waals surface area (Å²) in [5, 5.41) is 6.19. The minimum Gasteiger partial charge on any atom is -0.460 e. The zero-order chi connectivity index (χ0) is 34.7. The first-order valence-electron chi connectivity index (χ1n) is 16.4. The summed E-state index contributed by atoms with van der Waals surface area (Å²) in [6.45, 7) is 11.1. The highest BCUT2D eigenvalue weighted by atomic mass is 16.6. The van der Waals surface area contributed by atoms with E-state index < -0.39 is 29.6 Å². The molecule has 2 atom stereocenters. The Kier molecular flexibility index (Phi) is 12.5. The quantitative estimate of drug-likeness (QED) is 0.260. The van der Waals surface area contributed by atoms with Gasteiger partial charge in [0.2, 0.25) is 5.91 Å². The first-order chi connectivity index (χ1) is 22.9. The SMILES string of the molecule is CCOC(=O)N1CCN(C(=O)[C@H](CCC(=O)OC(C)(C)C)NC(=O)c2cc(NCC(C)c3ccccc3)nc(-c3ccccc3)n2)CC1. The van der Waals surface area contributed by atoms with E-state index in [9.17, 15) is 19.2 Å². The molecule has 1 aliphatic rings. The number of rotatable bonds is 12. The summed E-state index contributed by atoms with van der Waals surface area (Å²) in [7, 11) is 0. The number of hydrogen-bond acceptors (Lipinski definition) is 9. The molecule has 1 fully saturated rings. The highest BCUT2D eigenvalue weighted by Gasteiger charge is 2.32. The van der Waals surface area contributed by atoms with E-state index in [1.54, 1.807) is 43.6 Å². The van der Waals surface area contributed by atoms with Gasteiger partial charge in [-0.05, 0) is 45.6 Å². The molecule has 2 N–H and O–H groups in total. The zero-order valence-electron chi connectivity index (χ0n) is 28.4. The first kappa shape index (κ1) is 35.8. The molecule has 2 heterocycles. The van der Waals surface area contributed by atoms with E-state index in [-0.39, 0.29) is 50.1 Å². The largest absolute Gasteiger partial charge is 0.460 e. The summed E-state index contributed by atoms with van der Waals surface area (Å²) in [6.07, 6.45) is -0.492. The third-order valence-electron chi connectivity index (χ3n) is 7.73. The van der Waals surface area contributed by atoms with Crippen LogP contribution in [-0.2, 0) is 19.1 Å². The second kappa shape index (κ2) is 16.7. The number of amides is 3. The van der Waals surface area contributed by atoms with Crippen LogP contribution in [0, 0.1) is 0 Å². The molecule has 3 amide bonds. The van der Waals surface area contributed by atoms with Crippen molar-refractivity contribution in [2.75, 3.05) is 44.6 Å². The van der Waals surface area contributed by atoms with Crippen LogP contribution in [0.3, 0.4) is 0 Å². The van der Waals surface area contributed by atoms with Gasteiger partial charge in [-0.25, -0.2) is 14.8 Å².